The van der Waals surface area contributed by atoms with Crippen LogP contribution in [0.1, 0.15) is 22.3 Å². The van der Waals surface area contributed by atoms with Crippen LogP contribution in [0.5, 0.6) is 0 Å². The van der Waals surface area contributed by atoms with Crippen molar-refractivity contribution in [1.29, 1.82) is 0 Å². The fourth-order valence-electron chi connectivity index (χ4n) is 3.11. The standard InChI is InChI=1S/C21H21N3O5/c1-14-12-15(8-9-18(14)24(27)28)21(26)23(2)11-5-10-22-17-13-20(25)29-19-7-4-3-6-16(17)19/h3-4,6-9,12-13,22H,5,10-11H2,1-2H3. The van der Waals surface area contributed by atoms with E-state index in [4.69, 9.17) is 4.42 Å². The van der Waals surface area contributed by atoms with Crippen molar-refractivity contribution in [2.75, 3.05) is 25.5 Å². The molecule has 29 heavy (non-hydrogen) atoms. The van der Waals surface area contributed by atoms with Crippen LogP contribution in [-0.2, 0) is 0 Å². The topological polar surface area (TPSA) is 106 Å². The van der Waals surface area contributed by atoms with Gasteiger partial charge in [0.1, 0.15) is 5.58 Å². The number of rotatable bonds is 7. The molecule has 0 saturated carbocycles. The fourth-order valence-corrected chi connectivity index (χ4v) is 3.11. The minimum Gasteiger partial charge on any atom is -0.423 e. The molecule has 0 aliphatic rings. The lowest BCUT2D eigenvalue weighted by atomic mass is 10.1. The Kier molecular flexibility index (Phi) is 5.92. The number of nitro benzene ring substituents is 1. The lowest BCUT2D eigenvalue weighted by Gasteiger charge is -2.18. The van der Waals surface area contributed by atoms with Crippen LogP contribution in [0.25, 0.3) is 11.0 Å². The quantitative estimate of drug-likeness (QED) is 0.284. The number of amides is 1. The number of para-hydroxylation sites is 1. The third-order valence-corrected chi connectivity index (χ3v) is 4.62. The van der Waals surface area contributed by atoms with Gasteiger partial charge in [-0.15, -0.1) is 0 Å². The first-order valence-corrected chi connectivity index (χ1v) is 9.14. The van der Waals surface area contributed by atoms with E-state index in [1.165, 1.54) is 24.3 Å². The molecule has 0 unspecified atom stereocenters. The molecule has 8 nitrogen and oxygen atoms in total. The second-order valence-corrected chi connectivity index (χ2v) is 6.74. The number of hydrogen-bond acceptors (Lipinski definition) is 6. The molecule has 3 rings (SSSR count). The Morgan fingerprint density at radius 1 is 1.21 bits per heavy atom. The average Bonchev–Trinajstić information content (AvgIpc) is 2.69. The van der Waals surface area contributed by atoms with E-state index in [0.29, 0.717) is 41.9 Å². The highest BCUT2D eigenvalue weighted by atomic mass is 16.6. The van der Waals surface area contributed by atoms with Crippen molar-refractivity contribution in [3.8, 4) is 0 Å². The molecule has 1 amide bonds. The molecule has 0 aliphatic heterocycles. The van der Waals surface area contributed by atoms with Gasteiger partial charge in [0, 0.05) is 48.8 Å². The second kappa shape index (κ2) is 8.55. The van der Waals surface area contributed by atoms with Crippen LogP contribution >= 0.6 is 0 Å². The summed E-state index contributed by atoms with van der Waals surface area (Å²) in [4.78, 5) is 36.2. The van der Waals surface area contributed by atoms with Crippen molar-refractivity contribution in [2.24, 2.45) is 0 Å². The molecule has 3 aromatic rings. The molecule has 2 aromatic carbocycles. The third kappa shape index (κ3) is 4.60. The van der Waals surface area contributed by atoms with Gasteiger partial charge in [-0.1, -0.05) is 12.1 Å². The minimum atomic E-state index is -0.465. The molecule has 0 atom stereocenters. The maximum absolute atomic E-state index is 12.5. The summed E-state index contributed by atoms with van der Waals surface area (Å²) in [5.74, 6) is -0.200. The van der Waals surface area contributed by atoms with Gasteiger partial charge in [-0.25, -0.2) is 4.79 Å². The van der Waals surface area contributed by atoms with Crippen LogP contribution < -0.4 is 10.9 Å². The van der Waals surface area contributed by atoms with Gasteiger partial charge in [-0.05, 0) is 37.6 Å². The molecule has 0 radical (unpaired) electrons. The van der Waals surface area contributed by atoms with Crippen molar-refractivity contribution in [2.45, 2.75) is 13.3 Å². The Morgan fingerprint density at radius 3 is 2.69 bits per heavy atom. The van der Waals surface area contributed by atoms with E-state index in [1.807, 2.05) is 12.1 Å². The second-order valence-electron chi connectivity index (χ2n) is 6.74. The van der Waals surface area contributed by atoms with Crippen LogP contribution in [0.3, 0.4) is 0 Å². The molecular formula is C21H21N3O5. The van der Waals surface area contributed by atoms with Gasteiger partial charge in [-0.3, -0.25) is 14.9 Å². The predicted octanol–water partition coefficient (Wildman–Crippen LogP) is 3.58. The summed E-state index contributed by atoms with van der Waals surface area (Å²) in [5, 5.41) is 14.9. The summed E-state index contributed by atoms with van der Waals surface area (Å²) in [5.41, 5.74) is 1.64. The summed E-state index contributed by atoms with van der Waals surface area (Å²) in [7, 11) is 1.69. The molecule has 0 spiro atoms. The van der Waals surface area contributed by atoms with Crippen LogP contribution in [-0.4, -0.2) is 35.9 Å². The van der Waals surface area contributed by atoms with E-state index < -0.39 is 10.5 Å². The van der Waals surface area contributed by atoms with Gasteiger partial charge >= 0.3 is 5.63 Å². The van der Waals surface area contributed by atoms with Gasteiger partial charge in [0.05, 0.1) is 10.6 Å². The molecule has 0 bridgehead atoms. The Labute approximate surface area is 166 Å². The molecule has 8 heteroatoms. The first kappa shape index (κ1) is 20.1. The molecular weight excluding hydrogens is 374 g/mol. The summed E-state index contributed by atoms with van der Waals surface area (Å²) >= 11 is 0. The van der Waals surface area contributed by atoms with Crippen LogP contribution in [0.2, 0.25) is 0 Å². The number of nitrogens with zero attached hydrogens (tertiary/aromatic N) is 2. The summed E-state index contributed by atoms with van der Waals surface area (Å²) in [6, 6.07) is 13.0. The van der Waals surface area contributed by atoms with Crippen molar-refractivity contribution in [3.05, 3.63) is 80.2 Å². The number of fused-ring (bicyclic) bond motifs is 1. The molecule has 150 valence electrons. The van der Waals surface area contributed by atoms with Gasteiger partial charge in [0.15, 0.2) is 0 Å². The number of hydrogen-bond donors (Lipinski definition) is 1. The van der Waals surface area contributed by atoms with Gasteiger partial charge in [-0.2, -0.15) is 0 Å². The van der Waals surface area contributed by atoms with E-state index in [2.05, 4.69) is 5.32 Å². The van der Waals surface area contributed by atoms with E-state index >= 15 is 0 Å². The lowest BCUT2D eigenvalue weighted by Crippen LogP contribution is -2.29. The molecule has 0 saturated heterocycles. The fraction of sp³-hybridized carbons (Fsp3) is 0.238. The normalized spacial score (nSPS) is 10.7. The van der Waals surface area contributed by atoms with Crippen molar-refractivity contribution < 1.29 is 14.1 Å². The van der Waals surface area contributed by atoms with Gasteiger partial charge in [0.25, 0.3) is 11.6 Å². The van der Waals surface area contributed by atoms with E-state index in [9.17, 15) is 19.7 Å². The van der Waals surface area contributed by atoms with Gasteiger partial charge in [0.2, 0.25) is 0 Å². The maximum atomic E-state index is 12.5. The third-order valence-electron chi connectivity index (χ3n) is 4.62. The zero-order valence-corrected chi connectivity index (χ0v) is 16.2. The molecule has 1 aromatic heterocycles. The van der Waals surface area contributed by atoms with E-state index in [0.717, 1.165) is 5.39 Å². The summed E-state index contributed by atoms with van der Waals surface area (Å²) < 4.78 is 5.17. The number of carbonyl (C=O) groups excluding carboxylic acids is 1. The number of benzene rings is 2. The number of nitro groups is 1. The van der Waals surface area contributed by atoms with E-state index in [1.54, 1.807) is 31.0 Å². The van der Waals surface area contributed by atoms with Crippen LogP contribution in [0.15, 0.2) is 57.7 Å². The largest absolute Gasteiger partial charge is 0.423 e. The first-order chi connectivity index (χ1) is 13.9. The first-order valence-electron chi connectivity index (χ1n) is 9.14. The molecule has 0 fully saturated rings. The van der Waals surface area contributed by atoms with Crippen LogP contribution in [0, 0.1) is 17.0 Å². The SMILES string of the molecule is Cc1cc(C(=O)N(C)CCCNc2cc(=O)oc3ccccc23)ccc1[N+](=O)[O-]. The zero-order chi connectivity index (χ0) is 21.0. The Balaban J connectivity index is 1.58. The molecule has 1 N–H and O–H groups in total. The summed E-state index contributed by atoms with van der Waals surface area (Å²) in [6.07, 6.45) is 0.656. The number of carbonyl (C=O) groups is 1. The minimum absolute atomic E-state index is 0.00651. The highest BCUT2D eigenvalue weighted by Crippen LogP contribution is 2.21. The van der Waals surface area contributed by atoms with Crippen molar-refractivity contribution >= 4 is 28.3 Å². The van der Waals surface area contributed by atoms with Crippen LogP contribution in [0.4, 0.5) is 11.4 Å². The average molecular weight is 395 g/mol. The maximum Gasteiger partial charge on any atom is 0.338 e. The smallest absolute Gasteiger partial charge is 0.338 e. The Hall–Kier alpha value is -3.68. The highest BCUT2D eigenvalue weighted by Gasteiger charge is 2.16. The van der Waals surface area contributed by atoms with E-state index in [-0.39, 0.29) is 11.6 Å². The number of anilines is 1. The zero-order valence-electron chi connectivity index (χ0n) is 16.2. The number of nitrogens with one attached hydrogen (secondary N) is 1. The Morgan fingerprint density at radius 2 is 1.97 bits per heavy atom. The van der Waals surface area contributed by atoms with Crippen molar-refractivity contribution in [1.82, 2.24) is 4.90 Å². The molecule has 0 aliphatic carbocycles. The Bertz CT molecular complexity index is 1120. The monoisotopic (exact) mass is 395 g/mol. The van der Waals surface area contributed by atoms with Gasteiger partial charge < -0.3 is 14.6 Å². The summed E-state index contributed by atoms with van der Waals surface area (Å²) in [6.45, 7) is 2.66. The van der Waals surface area contributed by atoms with Crippen molar-refractivity contribution in [3.63, 3.8) is 0 Å². The highest BCUT2D eigenvalue weighted by molar-refractivity contribution is 5.94. The molecule has 1 heterocycles. The predicted molar refractivity (Wildman–Crippen MR) is 110 cm³/mol. The lowest BCUT2D eigenvalue weighted by molar-refractivity contribution is -0.385. The number of aryl methyl sites for hydroxylation is 1.